The van der Waals surface area contributed by atoms with Gasteiger partial charge in [-0.25, -0.2) is 4.79 Å². The predicted octanol–water partition coefficient (Wildman–Crippen LogP) is -0.0540. The van der Waals surface area contributed by atoms with E-state index in [0.717, 1.165) is 32.4 Å². The van der Waals surface area contributed by atoms with E-state index in [4.69, 9.17) is 9.96 Å². The van der Waals surface area contributed by atoms with Crippen molar-refractivity contribution >= 4 is 22.3 Å². The average molecular weight is 375 g/mol. The lowest BCUT2D eigenvalue weighted by Crippen LogP contribution is -2.49. The normalized spacial score (nSPS) is 27.6. The van der Waals surface area contributed by atoms with Crippen LogP contribution < -0.4 is 10.6 Å². The van der Waals surface area contributed by atoms with E-state index in [-0.39, 0.29) is 12.4 Å². The Morgan fingerprint density at radius 3 is 2.72 bits per heavy atom. The molecule has 2 amide bonds. The van der Waals surface area contributed by atoms with Crippen LogP contribution in [0.4, 0.5) is 4.79 Å². The van der Waals surface area contributed by atoms with Crippen molar-refractivity contribution < 1.29 is 22.0 Å². The predicted molar refractivity (Wildman–Crippen MR) is 89.3 cm³/mol. The molecule has 3 aliphatic heterocycles. The van der Waals surface area contributed by atoms with E-state index in [1.165, 1.54) is 4.90 Å². The second kappa shape index (κ2) is 7.44. The second-order valence-corrected chi connectivity index (χ2v) is 7.84. The average Bonchev–Trinajstić information content (AvgIpc) is 2.79. The van der Waals surface area contributed by atoms with Crippen molar-refractivity contribution in [1.29, 1.82) is 5.41 Å². The number of piperidine rings is 2. The zero-order valence-electron chi connectivity index (χ0n) is 14.0. The van der Waals surface area contributed by atoms with Gasteiger partial charge in [0, 0.05) is 13.1 Å². The zero-order chi connectivity index (χ0) is 18.0. The van der Waals surface area contributed by atoms with E-state index in [1.807, 2.05) is 0 Å². The number of hydrogen-bond acceptors (Lipinski definition) is 6. The van der Waals surface area contributed by atoms with Crippen LogP contribution in [-0.2, 0) is 14.7 Å². The highest BCUT2D eigenvalue weighted by molar-refractivity contribution is 7.80. The van der Waals surface area contributed by atoms with Gasteiger partial charge in [-0.05, 0) is 51.1 Å². The van der Waals surface area contributed by atoms with Crippen molar-refractivity contribution in [2.24, 2.45) is 5.92 Å². The van der Waals surface area contributed by atoms with Crippen molar-refractivity contribution in [3.8, 4) is 0 Å². The number of rotatable bonds is 6. The van der Waals surface area contributed by atoms with Gasteiger partial charge in [-0.1, -0.05) is 0 Å². The summed E-state index contributed by atoms with van der Waals surface area (Å²) >= 11 is 0. The van der Waals surface area contributed by atoms with E-state index in [2.05, 4.69) is 14.9 Å². The summed E-state index contributed by atoms with van der Waals surface area (Å²) in [6.45, 7) is 3.06. The van der Waals surface area contributed by atoms with Crippen molar-refractivity contribution in [1.82, 2.24) is 20.6 Å². The van der Waals surface area contributed by atoms with E-state index in [9.17, 15) is 13.2 Å². The molecule has 11 heteroatoms. The van der Waals surface area contributed by atoms with Crippen LogP contribution in [0.1, 0.15) is 32.1 Å². The molecule has 0 saturated carbocycles. The minimum Gasteiger partial charge on any atom is -0.372 e. The molecule has 0 aromatic rings. The Morgan fingerprint density at radius 2 is 2.04 bits per heavy atom. The quantitative estimate of drug-likeness (QED) is 0.290. The first-order valence-corrected chi connectivity index (χ1v) is 10.0. The molecule has 3 heterocycles. The minimum absolute atomic E-state index is 0.273. The summed E-state index contributed by atoms with van der Waals surface area (Å²) in [5, 5.41) is 15.4. The molecule has 142 valence electrons. The Morgan fingerprint density at radius 1 is 1.32 bits per heavy atom. The molecule has 0 aliphatic carbocycles. The maximum atomic E-state index is 12.3. The van der Waals surface area contributed by atoms with Crippen LogP contribution in [0.2, 0.25) is 0 Å². The first-order valence-electron chi connectivity index (χ1n) is 8.65. The molecule has 2 bridgehead atoms. The van der Waals surface area contributed by atoms with Gasteiger partial charge in [0.25, 0.3) is 0 Å². The van der Waals surface area contributed by atoms with Crippen LogP contribution in [0.3, 0.4) is 0 Å². The number of amidine groups is 1. The summed E-state index contributed by atoms with van der Waals surface area (Å²) in [4.78, 5) is 13.8. The second-order valence-electron chi connectivity index (χ2n) is 6.83. The maximum absolute atomic E-state index is 12.3. The van der Waals surface area contributed by atoms with Crippen LogP contribution in [0.25, 0.3) is 0 Å². The van der Waals surface area contributed by atoms with Gasteiger partial charge in [-0.3, -0.25) is 9.96 Å². The molecule has 0 radical (unpaired) electrons. The molecule has 0 unspecified atom stereocenters. The summed E-state index contributed by atoms with van der Waals surface area (Å²) in [6.07, 6.45) is 4.35. The van der Waals surface area contributed by atoms with Crippen LogP contribution >= 0.6 is 0 Å². The van der Waals surface area contributed by atoms with Gasteiger partial charge in [0.05, 0.1) is 12.1 Å². The third-order valence-corrected chi connectivity index (χ3v) is 5.51. The summed E-state index contributed by atoms with van der Waals surface area (Å²) in [5.74, 6) is 0.929. The third kappa shape index (κ3) is 4.40. The molecule has 25 heavy (non-hydrogen) atoms. The Hall–Kier alpha value is -1.43. The van der Waals surface area contributed by atoms with E-state index in [0.29, 0.717) is 30.4 Å². The van der Waals surface area contributed by atoms with Gasteiger partial charge in [-0.2, -0.15) is 13.5 Å². The number of nitrogens with zero attached hydrogens (tertiary/aromatic N) is 2. The lowest BCUT2D eigenvalue weighted by Gasteiger charge is -2.31. The van der Waals surface area contributed by atoms with Crippen molar-refractivity contribution in [2.45, 2.75) is 44.2 Å². The van der Waals surface area contributed by atoms with Gasteiger partial charge in [0.2, 0.25) is 0 Å². The first kappa shape index (κ1) is 18.4. The van der Waals surface area contributed by atoms with Gasteiger partial charge in [0.1, 0.15) is 5.84 Å². The minimum atomic E-state index is -4.74. The summed E-state index contributed by atoms with van der Waals surface area (Å²) in [5.41, 5.74) is 0. The highest BCUT2D eigenvalue weighted by Crippen LogP contribution is 2.30. The molecule has 0 aromatic heterocycles. The molecule has 3 fully saturated rings. The standard InChI is InChI=1S/C14H25N5O5S/c15-13(17-8-5-10-3-6-16-7-4-10)12-2-1-11-9-18(12)14(20)19(11)24-25(21,22)23/h10-12,16H,1-9H2,(H2,15,17)(H,21,22,23)/t11-,12+/m1/s1. The SMILES string of the molecule is N=C(NCCC1CCNCC1)[C@@H]1CC[C@@H]2CN1C(=O)N2OS(=O)(=O)O. The van der Waals surface area contributed by atoms with E-state index >= 15 is 0 Å². The molecule has 2 atom stereocenters. The molecule has 0 aromatic carbocycles. The number of urea groups is 1. The Labute approximate surface area is 147 Å². The maximum Gasteiger partial charge on any atom is 0.418 e. The Kier molecular flexibility index (Phi) is 5.46. The van der Waals surface area contributed by atoms with Gasteiger partial charge in [-0.15, -0.1) is 4.28 Å². The molecule has 3 aliphatic rings. The van der Waals surface area contributed by atoms with Gasteiger partial charge >= 0.3 is 16.4 Å². The summed E-state index contributed by atoms with van der Waals surface area (Å²) < 4.78 is 35.0. The molecule has 10 nitrogen and oxygen atoms in total. The lowest BCUT2D eigenvalue weighted by molar-refractivity contribution is -0.0316. The van der Waals surface area contributed by atoms with E-state index in [1.54, 1.807) is 0 Å². The van der Waals surface area contributed by atoms with Crippen molar-refractivity contribution in [3.05, 3.63) is 0 Å². The Balaban J connectivity index is 1.51. The van der Waals surface area contributed by atoms with Gasteiger partial charge in [0.15, 0.2) is 0 Å². The van der Waals surface area contributed by atoms with Crippen LogP contribution in [0, 0.1) is 11.3 Å². The fourth-order valence-corrected chi connectivity index (χ4v) is 4.22. The molecule has 4 N–H and O–H groups in total. The van der Waals surface area contributed by atoms with Crippen molar-refractivity contribution in [2.75, 3.05) is 26.2 Å². The summed E-state index contributed by atoms with van der Waals surface area (Å²) in [7, 11) is -4.74. The fourth-order valence-electron chi connectivity index (χ4n) is 3.83. The third-order valence-electron chi connectivity index (χ3n) is 5.16. The number of amides is 2. The monoisotopic (exact) mass is 375 g/mol. The molecule has 3 saturated heterocycles. The van der Waals surface area contributed by atoms with Gasteiger partial charge < -0.3 is 15.5 Å². The molecular weight excluding hydrogens is 350 g/mol. The highest BCUT2D eigenvalue weighted by Gasteiger charge is 2.48. The largest absolute Gasteiger partial charge is 0.418 e. The molecular formula is C14H25N5O5S. The smallest absolute Gasteiger partial charge is 0.372 e. The topological polar surface area (TPSA) is 135 Å². The number of hydrogen-bond donors (Lipinski definition) is 4. The van der Waals surface area contributed by atoms with Crippen LogP contribution in [-0.4, -0.2) is 73.1 Å². The zero-order valence-corrected chi connectivity index (χ0v) is 14.8. The molecule has 3 rings (SSSR count). The van der Waals surface area contributed by atoms with Crippen LogP contribution in [0.5, 0.6) is 0 Å². The number of fused-ring (bicyclic) bond motifs is 2. The highest BCUT2D eigenvalue weighted by atomic mass is 32.3. The Bertz CT molecular complexity index is 621. The molecule has 0 spiro atoms. The number of hydroxylamine groups is 2. The van der Waals surface area contributed by atoms with E-state index < -0.39 is 28.5 Å². The number of carbonyl (C=O) groups is 1. The van der Waals surface area contributed by atoms with Crippen LogP contribution in [0.15, 0.2) is 0 Å². The first-order chi connectivity index (χ1) is 11.8. The lowest BCUT2D eigenvalue weighted by atomic mass is 9.94. The number of nitrogens with one attached hydrogen (secondary N) is 3. The summed E-state index contributed by atoms with van der Waals surface area (Å²) in [6, 6.07) is -1.46. The number of carbonyl (C=O) groups excluding carboxylic acids is 1. The van der Waals surface area contributed by atoms with Crippen molar-refractivity contribution in [3.63, 3.8) is 0 Å². The fraction of sp³-hybridized carbons (Fsp3) is 0.857.